The van der Waals surface area contributed by atoms with Gasteiger partial charge in [0, 0.05) is 70.4 Å². The van der Waals surface area contributed by atoms with Gasteiger partial charge in [-0.05, 0) is 43.2 Å². The van der Waals surface area contributed by atoms with Crippen molar-refractivity contribution in [1.29, 1.82) is 0 Å². The number of pyridine rings is 2. The maximum absolute atomic E-state index is 15.9. The fourth-order valence-electron chi connectivity index (χ4n) is 5.97. The Balaban J connectivity index is 1.09. The zero-order valence-corrected chi connectivity index (χ0v) is 21.5. The van der Waals surface area contributed by atoms with E-state index in [0.717, 1.165) is 41.4 Å². The third-order valence-corrected chi connectivity index (χ3v) is 8.08. The molecule has 0 aliphatic carbocycles. The minimum Gasteiger partial charge on any atom is -0.492 e. The van der Waals surface area contributed by atoms with Crippen LogP contribution in [0.4, 0.5) is 4.39 Å². The van der Waals surface area contributed by atoms with Gasteiger partial charge in [-0.25, -0.2) is 14.4 Å². The molecule has 200 valence electrons. The SMILES string of the molecule is NCC1=CCC(CN2CCC(F)(C(=O)N3CCC(n4c(-c5ccccn5)nc5cccnc54)CC3)CC2)O1. The summed E-state index contributed by atoms with van der Waals surface area (Å²) in [6, 6.07) is 9.71. The number of nitrogens with two attached hydrogens (primary N) is 1. The average Bonchev–Trinajstić information content (AvgIpc) is 3.59. The zero-order valence-electron chi connectivity index (χ0n) is 21.5. The largest absolute Gasteiger partial charge is 0.492 e. The molecular weight excluding hydrogens is 485 g/mol. The number of aromatic nitrogens is 4. The minimum absolute atomic E-state index is 0.0696. The fraction of sp³-hybridized carbons (Fsp3) is 0.500. The van der Waals surface area contributed by atoms with Crippen molar-refractivity contribution in [2.24, 2.45) is 5.73 Å². The van der Waals surface area contributed by atoms with Crippen LogP contribution in [0, 0.1) is 0 Å². The minimum atomic E-state index is -1.80. The number of piperidine rings is 2. The van der Waals surface area contributed by atoms with Gasteiger partial charge in [0.15, 0.2) is 17.1 Å². The van der Waals surface area contributed by atoms with Gasteiger partial charge >= 0.3 is 0 Å². The van der Waals surface area contributed by atoms with Crippen LogP contribution in [0.5, 0.6) is 0 Å². The van der Waals surface area contributed by atoms with Crippen LogP contribution in [0.2, 0.25) is 0 Å². The maximum Gasteiger partial charge on any atom is 0.260 e. The van der Waals surface area contributed by atoms with E-state index in [2.05, 4.69) is 19.4 Å². The van der Waals surface area contributed by atoms with Gasteiger partial charge in [0.05, 0.1) is 6.54 Å². The molecular formula is C28H34FN7O2. The smallest absolute Gasteiger partial charge is 0.260 e. The number of fused-ring (bicyclic) bond motifs is 1. The molecule has 3 aromatic rings. The summed E-state index contributed by atoms with van der Waals surface area (Å²) >= 11 is 0. The van der Waals surface area contributed by atoms with Crippen LogP contribution < -0.4 is 5.73 Å². The van der Waals surface area contributed by atoms with E-state index in [1.807, 2.05) is 36.4 Å². The van der Waals surface area contributed by atoms with Crippen molar-refractivity contribution in [2.75, 3.05) is 39.3 Å². The van der Waals surface area contributed by atoms with Crippen molar-refractivity contribution < 1.29 is 13.9 Å². The monoisotopic (exact) mass is 519 g/mol. The van der Waals surface area contributed by atoms with E-state index in [-0.39, 0.29) is 30.9 Å². The van der Waals surface area contributed by atoms with Gasteiger partial charge in [-0.1, -0.05) is 6.07 Å². The summed E-state index contributed by atoms with van der Waals surface area (Å²) in [4.78, 5) is 31.2. The van der Waals surface area contributed by atoms with Crippen LogP contribution >= 0.6 is 0 Å². The molecule has 1 amide bonds. The molecule has 2 fully saturated rings. The molecule has 0 saturated carbocycles. The van der Waals surface area contributed by atoms with E-state index in [1.165, 1.54) is 0 Å². The Hall–Kier alpha value is -3.37. The number of alkyl halides is 1. The lowest BCUT2D eigenvalue weighted by Gasteiger charge is -2.41. The van der Waals surface area contributed by atoms with Crippen LogP contribution in [-0.4, -0.2) is 86.3 Å². The third-order valence-electron chi connectivity index (χ3n) is 8.08. The quantitative estimate of drug-likeness (QED) is 0.534. The second-order valence-electron chi connectivity index (χ2n) is 10.5. The second kappa shape index (κ2) is 10.4. The summed E-state index contributed by atoms with van der Waals surface area (Å²) in [6.07, 6.45) is 8.33. The van der Waals surface area contributed by atoms with Gasteiger partial charge in [-0.15, -0.1) is 0 Å². The molecule has 0 bridgehead atoms. The number of hydrogen-bond donors (Lipinski definition) is 1. The predicted molar refractivity (Wildman–Crippen MR) is 142 cm³/mol. The Morgan fingerprint density at radius 1 is 1.08 bits per heavy atom. The van der Waals surface area contributed by atoms with Crippen molar-refractivity contribution in [3.63, 3.8) is 0 Å². The van der Waals surface area contributed by atoms with E-state index >= 15 is 4.39 Å². The van der Waals surface area contributed by atoms with E-state index in [1.54, 1.807) is 17.3 Å². The molecule has 38 heavy (non-hydrogen) atoms. The number of nitrogens with zero attached hydrogens (tertiary/aromatic N) is 6. The second-order valence-corrected chi connectivity index (χ2v) is 10.5. The third kappa shape index (κ3) is 4.78. The topological polar surface area (TPSA) is 102 Å². The summed E-state index contributed by atoms with van der Waals surface area (Å²) in [5.74, 6) is 1.24. The molecule has 10 heteroatoms. The average molecular weight is 520 g/mol. The number of ether oxygens (including phenoxy) is 1. The lowest BCUT2D eigenvalue weighted by atomic mass is 9.90. The summed E-state index contributed by atoms with van der Waals surface area (Å²) in [7, 11) is 0. The zero-order chi connectivity index (χ0) is 26.1. The highest BCUT2D eigenvalue weighted by Crippen LogP contribution is 2.35. The van der Waals surface area contributed by atoms with Crippen molar-refractivity contribution in [1.82, 2.24) is 29.3 Å². The standard InChI is InChI=1S/C28H34FN7O2/c29-28(10-16-34(17-11-28)19-22-7-6-21(18-30)38-22)27(37)35-14-8-20(9-15-35)36-25-24(5-3-13-32-25)33-26(36)23-4-1-2-12-31-23/h1-6,12-13,20,22H,7-11,14-19,30H2. The highest BCUT2D eigenvalue weighted by atomic mass is 19.1. The van der Waals surface area contributed by atoms with E-state index in [4.69, 9.17) is 15.5 Å². The molecule has 0 aromatic carbocycles. The Kier molecular flexibility index (Phi) is 6.84. The van der Waals surface area contributed by atoms with Crippen molar-refractivity contribution >= 4 is 17.1 Å². The highest BCUT2D eigenvalue weighted by molar-refractivity contribution is 5.85. The van der Waals surface area contributed by atoms with Crippen LogP contribution in [0.3, 0.4) is 0 Å². The lowest BCUT2D eigenvalue weighted by Crippen LogP contribution is -2.54. The van der Waals surface area contributed by atoms with Crippen LogP contribution in [0.1, 0.15) is 38.1 Å². The first-order valence-corrected chi connectivity index (χ1v) is 13.5. The molecule has 6 heterocycles. The molecule has 0 spiro atoms. The Labute approximate surface area is 221 Å². The molecule has 3 aliphatic heterocycles. The van der Waals surface area contributed by atoms with Gasteiger partial charge in [0.1, 0.15) is 23.1 Å². The number of likely N-dealkylation sites (tertiary alicyclic amines) is 2. The first kappa shape index (κ1) is 24.9. The van der Waals surface area contributed by atoms with Crippen LogP contribution in [0.15, 0.2) is 54.6 Å². The van der Waals surface area contributed by atoms with Gasteiger partial charge in [0.2, 0.25) is 0 Å². The summed E-state index contributed by atoms with van der Waals surface area (Å²) in [5, 5.41) is 0. The van der Waals surface area contributed by atoms with Gasteiger partial charge in [0.25, 0.3) is 5.91 Å². The highest BCUT2D eigenvalue weighted by Gasteiger charge is 2.45. The molecule has 9 nitrogen and oxygen atoms in total. The fourth-order valence-corrected chi connectivity index (χ4v) is 5.97. The maximum atomic E-state index is 15.9. The van der Waals surface area contributed by atoms with E-state index in [0.29, 0.717) is 45.6 Å². The van der Waals surface area contributed by atoms with Gasteiger partial charge < -0.3 is 19.9 Å². The van der Waals surface area contributed by atoms with Gasteiger partial charge in [-0.2, -0.15) is 0 Å². The molecule has 1 atom stereocenters. The van der Waals surface area contributed by atoms with Crippen molar-refractivity contribution in [2.45, 2.75) is 49.9 Å². The van der Waals surface area contributed by atoms with Gasteiger partial charge in [-0.3, -0.25) is 14.7 Å². The number of amides is 1. The summed E-state index contributed by atoms with van der Waals surface area (Å²) in [6.45, 7) is 3.27. The Morgan fingerprint density at radius 3 is 2.58 bits per heavy atom. The molecule has 3 aromatic heterocycles. The molecule has 0 radical (unpaired) electrons. The summed E-state index contributed by atoms with van der Waals surface area (Å²) < 4.78 is 23.9. The van der Waals surface area contributed by atoms with Crippen LogP contribution in [-0.2, 0) is 9.53 Å². The number of halogens is 1. The number of carbonyl (C=O) groups is 1. The molecule has 3 aliphatic rings. The Morgan fingerprint density at radius 2 is 1.87 bits per heavy atom. The normalized spacial score (nSPS) is 22.4. The number of rotatable bonds is 6. The first-order valence-electron chi connectivity index (χ1n) is 13.5. The predicted octanol–water partition coefficient (Wildman–Crippen LogP) is 3.09. The molecule has 2 N–H and O–H groups in total. The van der Waals surface area contributed by atoms with E-state index in [9.17, 15) is 4.79 Å². The molecule has 2 saturated heterocycles. The number of imidazole rings is 1. The number of hydrogen-bond acceptors (Lipinski definition) is 7. The summed E-state index contributed by atoms with van der Waals surface area (Å²) in [5.41, 5.74) is 6.27. The Bertz CT molecular complexity index is 1310. The van der Waals surface area contributed by atoms with E-state index < -0.39 is 5.67 Å². The van der Waals surface area contributed by atoms with Crippen LogP contribution in [0.25, 0.3) is 22.7 Å². The van der Waals surface area contributed by atoms with Crippen molar-refractivity contribution in [3.05, 3.63) is 54.6 Å². The molecule has 1 unspecified atom stereocenters. The molecule has 6 rings (SSSR count). The van der Waals surface area contributed by atoms with Crippen molar-refractivity contribution in [3.8, 4) is 11.5 Å². The first-order chi connectivity index (χ1) is 18.5. The lowest BCUT2D eigenvalue weighted by molar-refractivity contribution is -0.149. The number of carbonyl (C=O) groups excluding carboxylic acids is 1.